The number of nitrogens with one attached hydrogen (secondary N) is 1. The van der Waals surface area contributed by atoms with Gasteiger partial charge >= 0.3 is 6.18 Å². The molecule has 0 fully saturated rings. The molecule has 1 N–H and O–H groups in total. The zero-order valence-electron chi connectivity index (χ0n) is 16.0. The molecule has 0 aliphatic rings. The Bertz CT molecular complexity index is 1130. The lowest BCUT2D eigenvalue weighted by Crippen LogP contribution is -2.24. The molecule has 0 unspecified atom stereocenters. The summed E-state index contributed by atoms with van der Waals surface area (Å²) in [7, 11) is 0. The van der Waals surface area contributed by atoms with Gasteiger partial charge in [-0.1, -0.05) is 29.8 Å². The average molecular weight is 455 g/mol. The molecule has 0 atom stereocenters. The molecule has 0 spiro atoms. The highest BCUT2D eigenvalue weighted by atomic mass is 35.5. The maximum absolute atomic E-state index is 13.5. The molecule has 1 heterocycles. The molecule has 0 bridgehead atoms. The third-order valence-corrected chi connectivity index (χ3v) is 4.41. The number of rotatable bonds is 6. The number of carbonyl (C=O) groups is 1. The van der Waals surface area contributed by atoms with Gasteiger partial charge in [-0.15, -0.1) is 0 Å². The van der Waals surface area contributed by atoms with Gasteiger partial charge in [-0.2, -0.15) is 23.4 Å². The second kappa shape index (κ2) is 9.17. The van der Waals surface area contributed by atoms with E-state index in [9.17, 15) is 22.4 Å². The van der Waals surface area contributed by atoms with Crippen LogP contribution in [0.25, 0.3) is 5.69 Å². The fourth-order valence-electron chi connectivity index (χ4n) is 2.55. The Labute approximate surface area is 179 Å². The van der Waals surface area contributed by atoms with Gasteiger partial charge < -0.3 is 4.74 Å². The number of hydrogen-bond acceptors (Lipinski definition) is 4. The fraction of sp³-hybridized carbons (Fsp3) is 0.150. The van der Waals surface area contributed by atoms with Crippen molar-refractivity contribution in [3.8, 4) is 11.4 Å². The minimum absolute atomic E-state index is 0.0115. The molecule has 3 rings (SSSR count). The van der Waals surface area contributed by atoms with Crippen molar-refractivity contribution in [1.29, 1.82) is 0 Å². The van der Waals surface area contributed by atoms with E-state index < -0.39 is 30.1 Å². The summed E-state index contributed by atoms with van der Waals surface area (Å²) in [5.74, 6) is -1.34. The summed E-state index contributed by atoms with van der Waals surface area (Å²) >= 11 is 6.25. The lowest BCUT2D eigenvalue weighted by molar-refractivity contribution is -0.137. The minimum atomic E-state index is -4.51. The number of aryl methyl sites for hydroxylation is 1. The second-order valence-electron chi connectivity index (χ2n) is 6.26. The summed E-state index contributed by atoms with van der Waals surface area (Å²) in [6, 6.07) is 10.1. The van der Waals surface area contributed by atoms with Crippen molar-refractivity contribution in [1.82, 2.24) is 15.2 Å². The quantitative estimate of drug-likeness (QED) is 0.338. The molecule has 1 amide bonds. The molecule has 162 valence electrons. The number of carbonyl (C=O) groups excluding carboxylic acids is 1. The summed E-state index contributed by atoms with van der Waals surface area (Å²) in [5.41, 5.74) is 2.14. The number of halogens is 5. The predicted molar refractivity (Wildman–Crippen MR) is 106 cm³/mol. The van der Waals surface area contributed by atoms with Crippen LogP contribution in [0.15, 0.2) is 53.6 Å². The van der Waals surface area contributed by atoms with E-state index in [0.29, 0.717) is 11.3 Å². The highest BCUT2D eigenvalue weighted by Crippen LogP contribution is 2.31. The largest absolute Gasteiger partial charge is 0.481 e. The van der Waals surface area contributed by atoms with Crippen LogP contribution in [-0.2, 0) is 11.0 Å². The number of hydrazone groups is 1. The first-order valence-corrected chi connectivity index (χ1v) is 9.16. The van der Waals surface area contributed by atoms with E-state index in [2.05, 4.69) is 15.6 Å². The number of amides is 1. The van der Waals surface area contributed by atoms with Gasteiger partial charge in [0.25, 0.3) is 5.91 Å². The number of nitrogens with zero attached hydrogens (tertiary/aromatic N) is 3. The van der Waals surface area contributed by atoms with E-state index in [1.165, 1.54) is 36.5 Å². The molecule has 0 saturated carbocycles. The molecule has 2 aromatic carbocycles. The first kappa shape index (κ1) is 22.3. The Balaban J connectivity index is 1.69. The van der Waals surface area contributed by atoms with Crippen LogP contribution in [0.5, 0.6) is 5.75 Å². The lowest BCUT2D eigenvalue weighted by atomic mass is 10.2. The van der Waals surface area contributed by atoms with Gasteiger partial charge in [-0.3, -0.25) is 4.79 Å². The lowest BCUT2D eigenvalue weighted by Gasteiger charge is -2.09. The van der Waals surface area contributed by atoms with E-state index in [4.69, 9.17) is 16.3 Å². The van der Waals surface area contributed by atoms with Crippen LogP contribution in [0.2, 0.25) is 5.15 Å². The van der Waals surface area contributed by atoms with Crippen LogP contribution in [0, 0.1) is 12.7 Å². The van der Waals surface area contributed by atoms with Crippen LogP contribution >= 0.6 is 11.6 Å². The average Bonchev–Trinajstić information content (AvgIpc) is 3.01. The summed E-state index contributed by atoms with van der Waals surface area (Å²) in [6.07, 6.45) is -3.31. The summed E-state index contributed by atoms with van der Waals surface area (Å²) in [6.45, 7) is 1.11. The van der Waals surface area contributed by atoms with Crippen LogP contribution in [0.1, 0.15) is 16.8 Å². The van der Waals surface area contributed by atoms with Gasteiger partial charge in [0.1, 0.15) is 5.15 Å². The van der Waals surface area contributed by atoms with E-state index in [-0.39, 0.29) is 16.6 Å². The van der Waals surface area contributed by atoms with Gasteiger partial charge in [0.15, 0.2) is 18.2 Å². The van der Waals surface area contributed by atoms with E-state index in [1.807, 2.05) is 0 Å². The monoisotopic (exact) mass is 454 g/mol. The van der Waals surface area contributed by atoms with Crippen molar-refractivity contribution in [2.45, 2.75) is 13.1 Å². The second-order valence-corrected chi connectivity index (χ2v) is 6.62. The van der Waals surface area contributed by atoms with E-state index >= 15 is 0 Å². The molecule has 11 heteroatoms. The predicted octanol–water partition coefficient (Wildman–Crippen LogP) is 4.52. The Morgan fingerprint density at radius 3 is 2.71 bits per heavy atom. The van der Waals surface area contributed by atoms with Crippen molar-refractivity contribution in [3.05, 3.63) is 76.3 Å². The summed E-state index contributed by atoms with van der Waals surface area (Å²) in [4.78, 5) is 11.8. The number of para-hydroxylation sites is 1. The molecule has 0 saturated heterocycles. The van der Waals surface area contributed by atoms with Gasteiger partial charge in [0.2, 0.25) is 0 Å². The molecule has 3 aromatic rings. The van der Waals surface area contributed by atoms with Crippen molar-refractivity contribution in [2.75, 3.05) is 6.61 Å². The zero-order chi connectivity index (χ0) is 22.6. The third-order valence-electron chi connectivity index (χ3n) is 4.04. The maximum atomic E-state index is 13.5. The van der Waals surface area contributed by atoms with Gasteiger partial charge in [-0.25, -0.2) is 14.5 Å². The number of alkyl halides is 3. The topological polar surface area (TPSA) is 68.5 Å². The Morgan fingerprint density at radius 2 is 2.00 bits per heavy atom. The van der Waals surface area contributed by atoms with Crippen LogP contribution in [-0.4, -0.2) is 28.5 Å². The smallest absolute Gasteiger partial charge is 0.416 e. The Hall–Kier alpha value is -3.40. The minimum Gasteiger partial charge on any atom is -0.481 e. The molecule has 31 heavy (non-hydrogen) atoms. The standard InChI is InChI=1S/C20H15ClF4N4O2/c1-12-15(10-26-27-18(30)11-31-17-8-3-2-7-16(17)22)19(21)29(28-12)14-6-4-5-13(9-14)20(23,24)25/h2-10H,11H2,1H3,(H,27,30)/b26-10+. The third kappa shape index (κ3) is 5.40. The number of ether oxygens (including phenoxy) is 1. The van der Waals surface area contributed by atoms with E-state index in [1.54, 1.807) is 13.0 Å². The summed E-state index contributed by atoms with van der Waals surface area (Å²) < 4.78 is 58.5. The fourth-order valence-corrected chi connectivity index (χ4v) is 2.87. The van der Waals surface area contributed by atoms with Gasteiger partial charge in [0, 0.05) is 0 Å². The first-order chi connectivity index (χ1) is 14.7. The Kier molecular flexibility index (Phi) is 6.59. The van der Waals surface area contributed by atoms with Crippen molar-refractivity contribution < 1.29 is 27.1 Å². The molecule has 0 aliphatic carbocycles. The van der Waals surface area contributed by atoms with Crippen LogP contribution in [0.4, 0.5) is 17.6 Å². The molecule has 0 aliphatic heterocycles. The zero-order valence-corrected chi connectivity index (χ0v) is 16.7. The summed E-state index contributed by atoms with van der Waals surface area (Å²) in [5, 5.41) is 7.89. The SMILES string of the molecule is Cc1nn(-c2cccc(C(F)(F)F)c2)c(Cl)c1/C=N/NC(=O)COc1ccccc1F. The number of benzene rings is 2. The number of aromatic nitrogens is 2. The van der Waals surface area contributed by atoms with Gasteiger partial charge in [0.05, 0.1) is 28.7 Å². The van der Waals surface area contributed by atoms with Crippen molar-refractivity contribution in [3.63, 3.8) is 0 Å². The van der Waals surface area contributed by atoms with Crippen molar-refractivity contribution in [2.24, 2.45) is 5.10 Å². The van der Waals surface area contributed by atoms with E-state index in [0.717, 1.165) is 16.8 Å². The maximum Gasteiger partial charge on any atom is 0.416 e. The highest BCUT2D eigenvalue weighted by molar-refractivity contribution is 6.32. The first-order valence-electron chi connectivity index (χ1n) is 8.79. The normalized spacial score (nSPS) is 11.7. The molecular weight excluding hydrogens is 440 g/mol. The highest BCUT2D eigenvalue weighted by Gasteiger charge is 2.30. The van der Waals surface area contributed by atoms with Crippen LogP contribution in [0.3, 0.4) is 0 Å². The molecular formula is C20H15ClF4N4O2. The molecule has 0 radical (unpaired) electrons. The van der Waals surface area contributed by atoms with Crippen molar-refractivity contribution >= 4 is 23.7 Å². The van der Waals surface area contributed by atoms with Gasteiger partial charge in [-0.05, 0) is 37.3 Å². The molecule has 1 aromatic heterocycles. The number of hydrogen-bond donors (Lipinski definition) is 1. The molecule has 6 nitrogen and oxygen atoms in total. The Morgan fingerprint density at radius 1 is 1.26 bits per heavy atom. The van der Waals surface area contributed by atoms with Crippen LogP contribution < -0.4 is 10.2 Å².